The zero-order valence-electron chi connectivity index (χ0n) is 18.1. The smallest absolute Gasteiger partial charge is 0.161 e. The Labute approximate surface area is 181 Å². The van der Waals surface area contributed by atoms with Gasteiger partial charge in [-0.2, -0.15) is 0 Å². The number of nitrogens with one attached hydrogen (secondary N) is 1. The highest BCUT2D eigenvalue weighted by atomic mass is 19.1. The minimum Gasteiger partial charge on any atom is -0.371 e. The minimum atomic E-state index is -0.403. The van der Waals surface area contributed by atoms with E-state index >= 15 is 0 Å². The van der Waals surface area contributed by atoms with Gasteiger partial charge in [-0.15, -0.1) is 0 Å². The number of halogens is 2. The van der Waals surface area contributed by atoms with Gasteiger partial charge in [0.05, 0.1) is 23.1 Å². The lowest BCUT2D eigenvalue weighted by Gasteiger charge is -2.47. The molecule has 1 saturated heterocycles. The molecule has 5 rings (SSSR count). The summed E-state index contributed by atoms with van der Waals surface area (Å²) in [6, 6.07) is 7.51. The molecule has 1 atom stereocenters. The molecular weight excluding hydrogens is 396 g/mol. The van der Waals surface area contributed by atoms with Crippen LogP contribution in [0.1, 0.15) is 62.7 Å². The summed E-state index contributed by atoms with van der Waals surface area (Å²) in [5, 5.41) is 3.76. The SMILES string of the molecule is CC(C)c1ncc2n1-c1ncccc1NC21CCN(C(C)c2cc(F)ccc2F)CC1. The van der Waals surface area contributed by atoms with E-state index in [1.165, 1.54) is 18.2 Å². The average molecular weight is 424 g/mol. The maximum Gasteiger partial charge on any atom is 0.161 e. The van der Waals surface area contributed by atoms with E-state index in [2.05, 4.69) is 39.7 Å². The van der Waals surface area contributed by atoms with Gasteiger partial charge >= 0.3 is 0 Å². The van der Waals surface area contributed by atoms with Crippen molar-refractivity contribution in [3.63, 3.8) is 0 Å². The highest BCUT2D eigenvalue weighted by molar-refractivity contribution is 5.63. The predicted octanol–water partition coefficient (Wildman–Crippen LogP) is 5.15. The number of anilines is 1. The number of piperidine rings is 1. The fourth-order valence-corrected chi connectivity index (χ4v) is 5.03. The third kappa shape index (κ3) is 3.22. The molecule has 3 aromatic rings. The zero-order chi connectivity index (χ0) is 21.8. The molecular formula is C24H27F2N5. The number of likely N-dealkylation sites (tertiary alicyclic amines) is 1. The molecule has 0 amide bonds. The van der Waals surface area contributed by atoms with Crippen LogP contribution in [0.3, 0.4) is 0 Å². The van der Waals surface area contributed by atoms with Gasteiger partial charge in [0.15, 0.2) is 5.82 Å². The van der Waals surface area contributed by atoms with Crippen LogP contribution in [0.15, 0.2) is 42.7 Å². The number of nitrogens with zero attached hydrogens (tertiary/aromatic N) is 4. The van der Waals surface area contributed by atoms with Crippen LogP contribution in [0.25, 0.3) is 5.82 Å². The molecule has 0 aliphatic carbocycles. The molecule has 1 spiro atoms. The Balaban J connectivity index is 1.46. The largest absolute Gasteiger partial charge is 0.371 e. The van der Waals surface area contributed by atoms with Crippen molar-refractivity contribution in [3.8, 4) is 5.82 Å². The minimum absolute atomic E-state index is 0.193. The number of fused-ring (bicyclic) bond motifs is 4. The highest BCUT2D eigenvalue weighted by Crippen LogP contribution is 2.45. The molecule has 31 heavy (non-hydrogen) atoms. The van der Waals surface area contributed by atoms with Crippen LogP contribution in [-0.2, 0) is 5.54 Å². The second-order valence-electron chi connectivity index (χ2n) is 8.95. The van der Waals surface area contributed by atoms with Crippen molar-refractivity contribution in [2.45, 2.75) is 51.1 Å². The molecule has 0 bridgehead atoms. The number of benzene rings is 1. The molecule has 0 radical (unpaired) electrons. The summed E-state index contributed by atoms with van der Waals surface area (Å²) >= 11 is 0. The van der Waals surface area contributed by atoms with Crippen LogP contribution >= 0.6 is 0 Å². The molecule has 2 aliphatic heterocycles. The van der Waals surface area contributed by atoms with Gasteiger partial charge in [-0.3, -0.25) is 9.47 Å². The number of imidazole rings is 1. The second-order valence-corrected chi connectivity index (χ2v) is 8.95. The molecule has 5 nitrogen and oxygen atoms in total. The molecule has 2 aliphatic rings. The van der Waals surface area contributed by atoms with E-state index in [-0.39, 0.29) is 23.3 Å². The number of hydrogen-bond donors (Lipinski definition) is 1. The fourth-order valence-electron chi connectivity index (χ4n) is 5.03. The summed E-state index contributed by atoms with van der Waals surface area (Å²) in [6.07, 6.45) is 5.47. The molecule has 7 heteroatoms. The Hall–Kier alpha value is -2.80. The van der Waals surface area contributed by atoms with E-state index in [4.69, 9.17) is 4.98 Å². The highest BCUT2D eigenvalue weighted by Gasteiger charge is 2.44. The van der Waals surface area contributed by atoms with Gasteiger partial charge in [0.1, 0.15) is 17.5 Å². The molecule has 1 N–H and O–H groups in total. The zero-order valence-corrected chi connectivity index (χ0v) is 18.1. The van der Waals surface area contributed by atoms with Gasteiger partial charge in [-0.1, -0.05) is 13.8 Å². The molecule has 1 unspecified atom stereocenters. The van der Waals surface area contributed by atoms with E-state index in [0.717, 1.165) is 49.0 Å². The maximum absolute atomic E-state index is 14.3. The Morgan fingerprint density at radius 1 is 1.06 bits per heavy atom. The van der Waals surface area contributed by atoms with E-state index in [1.54, 1.807) is 0 Å². The third-order valence-electron chi connectivity index (χ3n) is 6.78. The van der Waals surface area contributed by atoms with Gasteiger partial charge in [0, 0.05) is 36.8 Å². The van der Waals surface area contributed by atoms with Crippen LogP contribution in [0.4, 0.5) is 14.5 Å². The second kappa shape index (κ2) is 7.41. The lowest BCUT2D eigenvalue weighted by Crippen LogP contribution is -2.50. The lowest BCUT2D eigenvalue weighted by molar-refractivity contribution is 0.127. The van der Waals surface area contributed by atoms with Gasteiger partial charge in [0.25, 0.3) is 0 Å². The quantitative estimate of drug-likeness (QED) is 0.633. The van der Waals surface area contributed by atoms with E-state index in [0.29, 0.717) is 5.56 Å². The Morgan fingerprint density at radius 3 is 2.58 bits per heavy atom. The van der Waals surface area contributed by atoms with Crippen molar-refractivity contribution in [3.05, 3.63) is 71.4 Å². The first kappa shape index (κ1) is 20.1. The van der Waals surface area contributed by atoms with Crippen molar-refractivity contribution in [2.24, 2.45) is 0 Å². The van der Waals surface area contributed by atoms with Gasteiger partial charge < -0.3 is 5.32 Å². The van der Waals surface area contributed by atoms with E-state index in [9.17, 15) is 8.78 Å². The molecule has 2 aromatic heterocycles. The van der Waals surface area contributed by atoms with Crippen LogP contribution in [0.2, 0.25) is 0 Å². The van der Waals surface area contributed by atoms with Crippen molar-refractivity contribution in [2.75, 3.05) is 18.4 Å². The molecule has 1 fully saturated rings. The molecule has 0 saturated carbocycles. The Morgan fingerprint density at radius 2 is 1.84 bits per heavy atom. The molecule has 1 aromatic carbocycles. The Bertz CT molecular complexity index is 1110. The summed E-state index contributed by atoms with van der Waals surface area (Å²) in [6.45, 7) is 7.77. The standard InChI is InChI=1S/C24H27F2N5/c1-15(2)22-28-14-21-24(29-20-5-4-10-27-23(20)31(21)22)8-11-30(12-9-24)16(3)18-13-17(25)6-7-19(18)26/h4-7,10,13-16,29H,8-9,11-12H2,1-3H3. The number of rotatable bonds is 3. The average Bonchev–Trinajstić information content (AvgIpc) is 3.23. The Kier molecular flexibility index (Phi) is 4.81. The molecule has 4 heterocycles. The van der Waals surface area contributed by atoms with Crippen LogP contribution < -0.4 is 5.32 Å². The summed E-state index contributed by atoms with van der Waals surface area (Å²) < 4.78 is 30.3. The fraction of sp³-hybridized carbons (Fsp3) is 0.417. The first-order valence-electron chi connectivity index (χ1n) is 10.9. The third-order valence-corrected chi connectivity index (χ3v) is 6.78. The topological polar surface area (TPSA) is 46.0 Å². The summed E-state index contributed by atoms with van der Waals surface area (Å²) in [5.41, 5.74) is 2.29. The first-order chi connectivity index (χ1) is 14.9. The van der Waals surface area contributed by atoms with Crippen molar-refractivity contribution in [1.29, 1.82) is 0 Å². The van der Waals surface area contributed by atoms with Gasteiger partial charge in [-0.25, -0.2) is 18.7 Å². The summed E-state index contributed by atoms with van der Waals surface area (Å²) in [4.78, 5) is 11.6. The van der Waals surface area contributed by atoms with Gasteiger partial charge in [0.2, 0.25) is 0 Å². The summed E-state index contributed by atoms with van der Waals surface area (Å²) in [5.74, 6) is 1.41. The van der Waals surface area contributed by atoms with Crippen LogP contribution in [-0.4, -0.2) is 32.5 Å². The normalized spacial score (nSPS) is 18.5. The monoisotopic (exact) mass is 423 g/mol. The van der Waals surface area contributed by atoms with Gasteiger partial charge in [-0.05, 0) is 50.1 Å². The number of pyridine rings is 1. The number of hydrogen-bond acceptors (Lipinski definition) is 4. The van der Waals surface area contributed by atoms with Crippen LogP contribution in [0, 0.1) is 11.6 Å². The first-order valence-corrected chi connectivity index (χ1v) is 10.9. The van der Waals surface area contributed by atoms with Crippen molar-refractivity contribution < 1.29 is 8.78 Å². The van der Waals surface area contributed by atoms with Crippen molar-refractivity contribution >= 4 is 5.69 Å². The lowest BCUT2D eigenvalue weighted by atomic mass is 9.82. The van der Waals surface area contributed by atoms with Crippen molar-refractivity contribution in [1.82, 2.24) is 19.4 Å². The number of aromatic nitrogens is 3. The summed E-state index contributed by atoms with van der Waals surface area (Å²) in [7, 11) is 0. The predicted molar refractivity (Wildman–Crippen MR) is 116 cm³/mol. The van der Waals surface area contributed by atoms with E-state index < -0.39 is 5.82 Å². The van der Waals surface area contributed by atoms with Crippen LogP contribution in [0.5, 0.6) is 0 Å². The van der Waals surface area contributed by atoms with E-state index in [1.807, 2.05) is 25.4 Å². The maximum atomic E-state index is 14.3. The molecule has 162 valence electrons.